The van der Waals surface area contributed by atoms with Crippen molar-refractivity contribution >= 4 is 5.91 Å². The molecule has 1 atom stereocenters. The van der Waals surface area contributed by atoms with Crippen LogP contribution in [-0.2, 0) is 6.42 Å². The SMILES string of the molecule is CC(Cc1ccco1)NC(=O)c1ccc(-c2ccccc2)[nH]c1=O. The molecule has 5 heteroatoms. The molecule has 3 aromatic rings. The summed E-state index contributed by atoms with van der Waals surface area (Å²) in [6.07, 6.45) is 2.16. The zero-order chi connectivity index (χ0) is 16.9. The van der Waals surface area contributed by atoms with Gasteiger partial charge < -0.3 is 14.7 Å². The van der Waals surface area contributed by atoms with Gasteiger partial charge in [-0.1, -0.05) is 30.3 Å². The topological polar surface area (TPSA) is 75.1 Å². The van der Waals surface area contributed by atoms with Crippen LogP contribution in [0.3, 0.4) is 0 Å². The molecule has 0 aliphatic heterocycles. The van der Waals surface area contributed by atoms with Crippen molar-refractivity contribution in [2.24, 2.45) is 0 Å². The van der Waals surface area contributed by atoms with E-state index in [9.17, 15) is 9.59 Å². The molecular weight excluding hydrogens is 304 g/mol. The third-order valence-corrected chi connectivity index (χ3v) is 3.70. The molecule has 24 heavy (non-hydrogen) atoms. The molecule has 0 spiro atoms. The van der Waals surface area contributed by atoms with E-state index in [0.717, 1.165) is 11.3 Å². The van der Waals surface area contributed by atoms with Gasteiger partial charge in [0.1, 0.15) is 11.3 Å². The van der Waals surface area contributed by atoms with Gasteiger partial charge >= 0.3 is 0 Å². The van der Waals surface area contributed by atoms with Gasteiger partial charge in [0, 0.05) is 18.2 Å². The van der Waals surface area contributed by atoms with Gasteiger partial charge in [-0.15, -0.1) is 0 Å². The van der Waals surface area contributed by atoms with Crippen molar-refractivity contribution in [1.82, 2.24) is 10.3 Å². The van der Waals surface area contributed by atoms with Gasteiger partial charge in [0.15, 0.2) is 0 Å². The minimum atomic E-state index is -0.404. The van der Waals surface area contributed by atoms with Crippen molar-refractivity contribution < 1.29 is 9.21 Å². The molecule has 0 fully saturated rings. The summed E-state index contributed by atoms with van der Waals surface area (Å²) in [6.45, 7) is 1.87. The number of H-pyrrole nitrogens is 1. The largest absolute Gasteiger partial charge is 0.469 e. The fourth-order valence-corrected chi connectivity index (χ4v) is 2.52. The van der Waals surface area contributed by atoms with Crippen molar-refractivity contribution in [2.75, 3.05) is 0 Å². The number of aromatic nitrogens is 1. The van der Waals surface area contributed by atoms with Crippen LogP contribution < -0.4 is 10.9 Å². The minimum absolute atomic E-state index is 0.0981. The van der Waals surface area contributed by atoms with Crippen molar-refractivity contribution in [1.29, 1.82) is 0 Å². The maximum absolute atomic E-state index is 12.3. The lowest BCUT2D eigenvalue weighted by molar-refractivity contribution is 0.0938. The first-order chi connectivity index (χ1) is 11.6. The average molecular weight is 322 g/mol. The highest BCUT2D eigenvalue weighted by Gasteiger charge is 2.15. The highest BCUT2D eigenvalue weighted by Crippen LogP contribution is 2.14. The monoisotopic (exact) mass is 322 g/mol. The normalized spacial score (nSPS) is 11.9. The van der Waals surface area contributed by atoms with Gasteiger partial charge in [0.2, 0.25) is 0 Å². The van der Waals surface area contributed by atoms with Crippen LogP contribution in [0.25, 0.3) is 11.3 Å². The molecule has 2 N–H and O–H groups in total. The fourth-order valence-electron chi connectivity index (χ4n) is 2.52. The number of nitrogens with one attached hydrogen (secondary N) is 2. The molecule has 0 aliphatic carbocycles. The van der Waals surface area contributed by atoms with Gasteiger partial charge in [-0.05, 0) is 36.8 Å². The van der Waals surface area contributed by atoms with Crippen molar-refractivity contribution in [3.63, 3.8) is 0 Å². The molecule has 0 saturated heterocycles. The minimum Gasteiger partial charge on any atom is -0.469 e. The highest BCUT2D eigenvalue weighted by atomic mass is 16.3. The number of hydrogen-bond donors (Lipinski definition) is 2. The molecule has 3 rings (SSSR count). The van der Waals surface area contributed by atoms with E-state index < -0.39 is 11.5 Å². The molecular formula is C19H18N2O3. The Morgan fingerprint density at radius 3 is 2.58 bits per heavy atom. The standard InChI is InChI=1S/C19H18N2O3/c1-13(12-15-8-5-11-24-15)20-18(22)16-9-10-17(21-19(16)23)14-6-3-2-4-7-14/h2-11,13H,12H2,1H3,(H,20,22)(H,21,23). The molecule has 0 bridgehead atoms. The van der Waals surface area contributed by atoms with E-state index in [1.807, 2.05) is 43.3 Å². The zero-order valence-corrected chi connectivity index (χ0v) is 13.3. The highest BCUT2D eigenvalue weighted by molar-refractivity contribution is 5.94. The molecule has 0 radical (unpaired) electrons. The molecule has 5 nitrogen and oxygen atoms in total. The van der Waals surface area contributed by atoms with Crippen LogP contribution in [0, 0.1) is 0 Å². The number of furan rings is 1. The third kappa shape index (κ3) is 3.63. The second-order valence-corrected chi connectivity index (χ2v) is 5.64. The predicted octanol–water partition coefficient (Wildman–Crippen LogP) is 3.00. The Bertz CT molecular complexity index is 867. The number of pyridine rings is 1. The van der Waals surface area contributed by atoms with Crippen LogP contribution in [0.5, 0.6) is 0 Å². The Hall–Kier alpha value is -3.08. The summed E-state index contributed by atoms with van der Waals surface area (Å²) in [5.41, 5.74) is 1.27. The summed E-state index contributed by atoms with van der Waals surface area (Å²) < 4.78 is 5.26. The van der Waals surface area contributed by atoms with Gasteiger partial charge in [0.05, 0.1) is 6.26 Å². The Morgan fingerprint density at radius 1 is 1.12 bits per heavy atom. The van der Waals surface area contributed by atoms with Crippen LogP contribution in [0.1, 0.15) is 23.0 Å². The van der Waals surface area contributed by atoms with E-state index in [2.05, 4.69) is 10.3 Å². The van der Waals surface area contributed by atoms with Gasteiger partial charge in [-0.3, -0.25) is 9.59 Å². The molecule has 0 saturated carbocycles. The molecule has 2 aromatic heterocycles. The summed E-state index contributed by atoms with van der Waals surface area (Å²) in [5.74, 6) is 0.394. The number of carbonyl (C=O) groups excluding carboxylic acids is 1. The number of aromatic amines is 1. The zero-order valence-electron chi connectivity index (χ0n) is 13.3. The van der Waals surface area contributed by atoms with E-state index in [-0.39, 0.29) is 11.6 Å². The first-order valence-corrected chi connectivity index (χ1v) is 7.75. The fraction of sp³-hybridized carbons (Fsp3) is 0.158. The van der Waals surface area contributed by atoms with Crippen molar-refractivity contribution in [3.8, 4) is 11.3 Å². The Labute approximate surface area is 139 Å². The number of amides is 1. The van der Waals surface area contributed by atoms with Crippen LogP contribution in [0.2, 0.25) is 0 Å². The van der Waals surface area contributed by atoms with Crippen molar-refractivity contribution in [2.45, 2.75) is 19.4 Å². The number of rotatable bonds is 5. The Morgan fingerprint density at radius 2 is 1.92 bits per heavy atom. The smallest absolute Gasteiger partial charge is 0.261 e. The van der Waals surface area contributed by atoms with E-state index in [4.69, 9.17) is 4.42 Å². The Kier molecular flexibility index (Phi) is 4.61. The lowest BCUT2D eigenvalue weighted by atomic mass is 10.1. The van der Waals surface area contributed by atoms with E-state index >= 15 is 0 Å². The van der Waals surface area contributed by atoms with E-state index in [1.165, 1.54) is 0 Å². The second kappa shape index (κ2) is 7.00. The second-order valence-electron chi connectivity index (χ2n) is 5.64. The number of benzene rings is 1. The molecule has 0 aliphatic rings. The van der Waals surface area contributed by atoms with Crippen molar-refractivity contribution in [3.05, 3.63) is 82.5 Å². The van der Waals surface area contributed by atoms with Gasteiger partial charge in [0.25, 0.3) is 11.5 Å². The van der Waals surface area contributed by atoms with Gasteiger partial charge in [-0.25, -0.2) is 0 Å². The first-order valence-electron chi connectivity index (χ1n) is 7.75. The predicted molar refractivity (Wildman–Crippen MR) is 91.8 cm³/mol. The molecule has 2 heterocycles. The lowest BCUT2D eigenvalue weighted by Gasteiger charge is -2.12. The average Bonchev–Trinajstić information content (AvgIpc) is 3.08. The summed E-state index contributed by atoms with van der Waals surface area (Å²) in [4.78, 5) is 27.3. The molecule has 1 unspecified atom stereocenters. The summed E-state index contributed by atoms with van der Waals surface area (Å²) in [7, 11) is 0. The summed E-state index contributed by atoms with van der Waals surface area (Å²) in [5, 5.41) is 2.82. The molecule has 1 amide bonds. The molecule has 1 aromatic carbocycles. The van der Waals surface area contributed by atoms with Crippen LogP contribution in [0.15, 0.2) is 70.1 Å². The lowest BCUT2D eigenvalue weighted by Crippen LogP contribution is -2.37. The summed E-state index contributed by atoms with van der Waals surface area (Å²) >= 11 is 0. The quantitative estimate of drug-likeness (QED) is 0.758. The third-order valence-electron chi connectivity index (χ3n) is 3.70. The van der Waals surface area contributed by atoms with Crippen LogP contribution in [-0.4, -0.2) is 16.9 Å². The van der Waals surface area contributed by atoms with E-state index in [1.54, 1.807) is 24.5 Å². The Balaban J connectivity index is 1.72. The van der Waals surface area contributed by atoms with E-state index in [0.29, 0.717) is 12.1 Å². The summed E-state index contributed by atoms with van der Waals surface area (Å²) in [6, 6.07) is 16.3. The maximum Gasteiger partial charge on any atom is 0.261 e. The molecule has 122 valence electrons. The number of hydrogen-bond acceptors (Lipinski definition) is 3. The number of carbonyl (C=O) groups is 1. The first kappa shape index (κ1) is 15.8. The van der Waals surface area contributed by atoms with Crippen LogP contribution in [0.4, 0.5) is 0 Å². The van der Waals surface area contributed by atoms with Gasteiger partial charge in [-0.2, -0.15) is 0 Å². The maximum atomic E-state index is 12.3. The van der Waals surface area contributed by atoms with Crippen LogP contribution >= 0.6 is 0 Å².